The van der Waals surface area contributed by atoms with Gasteiger partial charge in [0.1, 0.15) is 0 Å². The summed E-state index contributed by atoms with van der Waals surface area (Å²) < 4.78 is 16.5. The predicted octanol–water partition coefficient (Wildman–Crippen LogP) is 3.23. The summed E-state index contributed by atoms with van der Waals surface area (Å²) in [6.07, 6.45) is 10.3. The number of ether oxygens (including phenoxy) is 3. The third-order valence-electron chi connectivity index (χ3n) is 3.44. The van der Waals surface area contributed by atoms with Gasteiger partial charge in [0.05, 0.1) is 13.2 Å². The van der Waals surface area contributed by atoms with Crippen LogP contribution in [0.1, 0.15) is 58.3 Å². The van der Waals surface area contributed by atoms with Gasteiger partial charge in [0.15, 0.2) is 0 Å². The maximum absolute atomic E-state index is 5.64. The Morgan fingerprint density at radius 1 is 1.00 bits per heavy atom. The molecule has 2 heterocycles. The third-order valence-corrected chi connectivity index (χ3v) is 3.44. The number of hydrogen-bond donors (Lipinski definition) is 0. The van der Waals surface area contributed by atoms with Crippen LogP contribution in [0.2, 0.25) is 0 Å². The monoisotopic (exact) mass is 228 g/mol. The van der Waals surface area contributed by atoms with Crippen LogP contribution in [0.3, 0.4) is 0 Å². The summed E-state index contributed by atoms with van der Waals surface area (Å²) in [6, 6.07) is 0. The third kappa shape index (κ3) is 3.19. The molecule has 0 spiro atoms. The molecule has 2 rings (SSSR count). The highest BCUT2D eigenvalue weighted by molar-refractivity contribution is 4.90. The van der Waals surface area contributed by atoms with E-state index in [9.17, 15) is 0 Å². The van der Waals surface area contributed by atoms with Crippen molar-refractivity contribution in [1.29, 1.82) is 0 Å². The quantitative estimate of drug-likeness (QED) is 0.472. The van der Waals surface area contributed by atoms with E-state index in [1.54, 1.807) is 0 Å². The molecular formula is C13H24O3. The zero-order valence-electron chi connectivity index (χ0n) is 10.4. The number of unbranched alkanes of at least 4 members (excludes halogenated alkanes) is 6. The lowest BCUT2D eigenvalue weighted by atomic mass is 10.1. The molecule has 2 aliphatic heterocycles. The van der Waals surface area contributed by atoms with Gasteiger partial charge in [-0.25, -0.2) is 0 Å². The number of hydrogen-bond acceptors (Lipinski definition) is 3. The smallest absolute Gasteiger partial charge is 0.223 e. The summed E-state index contributed by atoms with van der Waals surface area (Å²) in [4.78, 5) is 0. The van der Waals surface area contributed by atoms with E-state index in [2.05, 4.69) is 6.92 Å². The van der Waals surface area contributed by atoms with Gasteiger partial charge in [-0.1, -0.05) is 45.4 Å². The summed E-state index contributed by atoms with van der Waals surface area (Å²) in [5.41, 5.74) is 0. The van der Waals surface area contributed by atoms with Crippen LogP contribution in [0.4, 0.5) is 0 Å². The van der Waals surface area contributed by atoms with E-state index < -0.39 is 0 Å². The molecule has 0 aromatic carbocycles. The van der Waals surface area contributed by atoms with E-state index in [-0.39, 0.29) is 12.1 Å². The first-order valence-electron chi connectivity index (χ1n) is 6.81. The molecule has 0 saturated carbocycles. The molecule has 2 atom stereocenters. The second-order valence-corrected chi connectivity index (χ2v) is 4.85. The topological polar surface area (TPSA) is 31.0 Å². The fraction of sp³-hybridized carbons (Fsp3) is 1.00. The largest absolute Gasteiger partial charge is 0.345 e. The second-order valence-electron chi connectivity index (χ2n) is 4.85. The Labute approximate surface area is 98.4 Å². The van der Waals surface area contributed by atoms with Crippen molar-refractivity contribution in [2.45, 2.75) is 70.4 Å². The van der Waals surface area contributed by atoms with E-state index in [0.29, 0.717) is 13.2 Å². The van der Waals surface area contributed by atoms with Gasteiger partial charge in [-0.3, -0.25) is 0 Å². The van der Waals surface area contributed by atoms with Crippen molar-refractivity contribution in [1.82, 2.24) is 0 Å². The van der Waals surface area contributed by atoms with Crippen LogP contribution in [0, 0.1) is 0 Å². The van der Waals surface area contributed by atoms with Crippen LogP contribution in [0.15, 0.2) is 0 Å². The van der Waals surface area contributed by atoms with Crippen molar-refractivity contribution >= 4 is 0 Å². The molecule has 0 aromatic rings. The maximum atomic E-state index is 5.64. The molecule has 2 aliphatic rings. The van der Waals surface area contributed by atoms with Crippen molar-refractivity contribution in [3.05, 3.63) is 0 Å². The van der Waals surface area contributed by atoms with E-state index in [4.69, 9.17) is 14.2 Å². The highest BCUT2D eigenvalue weighted by Gasteiger charge is 2.60. The normalized spacial score (nSPS) is 32.4. The second kappa shape index (κ2) is 5.99. The Bertz CT molecular complexity index is 207. The molecule has 0 aromatic heterocycles. The van der Waals surface area contributed by atoms with Gasteiger partial charge in [0.25, 0.3) is 0 Å². The minimum absolute atomic E-state index is 0.0543. The Hall–Kier alpha value is -0.120. The summed E-state index contributed by atoms with van der Waals surface area (Å²) >= 11 is 0. The molecule has 3 nitrogen and oxygen atoms in total. The molecular weight excluding hydrogens is 204 g/mol. The molecule has 16 heavy (non-hydrogen) atoms. The van der Waals surface area contributed by atoms with Crippen molar-refractivity contribution in [2.75, 3.05) is 13.2 Å². The zero-order chi connectivity index (χ0) is 11.3. The summed E-state index contributed by atoms with van der Waals surface area (Å²) in [6.45, 7) is 3.63. The van der Waals surface area contributed by atoms with E-state index in [1.807, 2.05) is 0 Å². The van der Waals surface area contributed by atoms with Crippen molar-refractivity contribution in [2.24, 2.45) is 0 Å². The van der Waals surface area contributed by atoms with Gasteiger partial charge in [-0.2, -0.15) is 0 Å². The van der Waals surface area contributed by atoms with Gasteiger partial charge in [0, 0.05) is 6.42 Å². The number of rotatable bonds is 8. The van der Waals surface area contributed by atoms with E-state index >= 15 is 0 Å². The summed E-state index contributed by atoms with van der Waals surface area (Å²) in [5.74, 6) is -0.332. The number of epoxide rings is 1. The highest BCUT2D eigenvalue weighted by atomic mass is 16.9. The average Bonchev–Trinajstić information content (AvgIpc) is 3.02. The Morgan fingerprint density at radius 3 is 2.50 bits per heavy atom. The van der Waals surface area contributed by atoms with E-state index in [0.717, 1.165) is 6.42 Å². The zero-order valence-corrected chi connectivity index (χ0v) is 10.4. The Morgan fingerprint density at radius 2 is 1.75 bits per heavy atom. The van der Waals surface area contributed by atoms with Gasteiger partial charge >= 0.3 is 0 Å². The van der Waals surface area contributed by atoms with Crippen molar-refractivity contribution < 1.29 is 14.2 Å². The van der Waals surface area contributed by atoms with Crippen LogP contribution >= 0.6 is 0 Å². The van der Waals surface area contributed by atoms with Gasteiger partial charge < -0.3 is 14.2 Å². The van der Waals surface area contributed by atoms with Crippen LogP contribution in [0.5, 0.6) is 0 Å². The Kier molecular flexibility index (Phi) is 4.62. The minimum atomic E-state index is -0.332. The predicted molar refractivity (Wildman–Crippen MR) is 62.1 cm³/mol. The lowest BCUT2D eigenvalue weighted by Gasteiger charge is -2.17. The van der Waals surface area contributed by atoms with Crippen molar-refractivity contribution in [3.8, 4) is 0 Å². The molecule has 0 aliphatic carbocycles. The van der Waals surface area contributed by atoms with Crippen LogP contribution in [-0.4, -0.2) is 25.3 Å². The molecule has 0 bridgehead atoms. The molecule has 0 amide bonds. The lowest BCUT2D eigenvalue weighted by molar-refractivity contribution is -0.103. The van der Waals surface area contributed by atoms with E-state index in [1.165, 1.54) is 44.9 Å². The molecule has 2 fully saturated rings. The minimum Gasteiger partial charge on any atom is -0.345 e. The first kappa shape index (κ1) is 12.3. The van der Waals surface area contributed by atoms with Gasteiger partial charge in [-0.05, 0) is 6.42 Å². The molecule has 0 N–H and O–H groups in total. The standard InChI is InChI=1S/C13H24O3/c1-2-3-4-5-6-7-8-9-13-12(16-13)14-10-11-15-13/h12H,2-11H2,1H3. The van der Waals surface area contributed by atoms with Crippen molar-refractivity contribution in [3.63, 3.8) is 0 Å². The Balaban J connectivity index is 1.46. The summed E-state index contributed by atoms with van der Waals surface area (Å²) in [5, 5.41) is 0. The molecule has 3 heteroatoms. The molecule has 2 unspecified atom stereocenters. The molecule has 94 valence electrons. The summed E-state index contributed by atoms with van der Waals surface area (Å²) in [7, 11) is 0. The van der Waals surface area contributed by atoms with Crippen LogP contribution < -0.4 is 0 Å². The first-order valence-corrected chi connectivity index (χ1v) is 6.81. The van der Waals surface area contributed by atoms with Gasteiger partial charge in [0.2, 0.25) is 12.1 Å². The fourth-order valence-corrected chi connectivity index (χ4v) is 2.36. The molecule has 2 saturated heterocycles. The van der Waals surface area contributed by atoms with Crippen LogP contribution in [-0.2, 0) is 14.2 Å². The van der Waals surface area contributed by atoms with Crippen LogP contribution in [0.25, 0.3) is 0 Å². The number of fused-ring (bicyclic) bond motifs is 1. The highest BCUT2D eigenvalue weighted by Crippen LogP contribution is 2.45. The fourth-order valence-electron chi connectivity index (χ4n) is 2.36. The first-order chi connectivity index (χ1) is 7.87. The SMILES string of the molecule is CCCCCCCCCC12OCCOC1O2. The van der Waals surface area contributed by atoms with Gasteiger partial charge in [-0.15, -0.1) is 0 Å². The lowest BCUT2D eigenvalue weighted by Crippen LogP contribution is -2.29. The average molecular weight is 228 g/mol. The maximum Gasteiger partial charge on any atom is 0.223 e. The molecule has 0 radical (unpaired) electrons.